The van der Waals surface area contributed by atoms with E-state index in [0.29, 0.717) is 4.47 Å². The minimum atomic E-state index is -3.57. The van der Waals surface area contributed by atoms with Gasteiger partial charge in [0.05, 0.1) is 0 Å². The van der Waals surface area contributed by atoms with Crippen LogP contribution in [0.25, 0.3) is 0 Å². The average Bonchev–Trinajstić information content (AvgIpc) is 2.02. The molecular formula is C8H6BrF2NOS. The molecule has 0 aliphatic heterocycles. The maximum Gasteiger partial charge on any atom is 0.374 e. The molecule has 1 aromatic carbocycles. The second kappa shape index (κ2) is 4.27. The van der Waals surface area contributed by atoms with Gasteiger partial charge in [0.15, 0.2) is 0 Å². The van der Waals surface area contributed by atoms with Crippen molar-refractivity contribution in [1.82, 2.24) is 0 Å². The third-order valence-electron chi connectivity index (χ3n) is 1.33. The second-order valence-electron chi connectivity index (χ2n) is 2.44. The normalized spacial score (nSPS) is 11.4. The number of nitrogens with two attached hydrogens (primary N) is 1. The summed E-state index contributed by atoms with van der Waals surface area (Å²) in [6, 6.07) is 6.27. The Kier molecular flexibility index (Phi) is 3.49. The van der Waals surface area contributed by atoms with Gasteiger partial charge in [0, 0.05) is 9.37 Å². The van der Waals surface area contributed by atoms with E-state index in [1.807, 2.05) is 0 Å². The van der Waals surface area contributed by atoms with Gasteiger partial charge < -0.3 is 5.73 Å². The predicted molar refractivity (Wildman–Crippen MR) is 54.1 cm³/mol. The van der Waals surface area contributed by atoms with Gasteiger partial charge in [-0.1, -0.05) is 22.0 Å². The predicted octanol–water partition coefficient (Wildman–Crippen LogP) is 2.62. The number of thioether (sulfide) groups is 1. The van der Waals surface area contributed by atoms with Crippen molar-refractivity contribution in [3.63, 3.8) is 0 Å². The summed E-state index contributed by atoms with van der Waals surface area (Å²) >= 11 is 3.26. The van der Waals surface area contributed by atoms with Crippen LogP contribution in [-0.4, -0.2) is 11.2 Å². The third-order valence-corrected chi connectivity index (χ3v) is 2.77. The summed E-state index contributed by atoms with van der Waals surface area (Å²) in [5.74, 6) is -1.64. The van der Waals surface area contributed by atoms with E-state index >= 15 is 0 Å². The number of rotatable bonds is 3. The summed E-state index contributed by atoms with van der Waals surface area (Å²) in [4.78, 5) is 10.6. The molecule has 2 N–H and O–H groups in total. The Hall–Kier alpha value is -0.620. The van der Waals surface area contributed by atoms with Crippen LogP contribution in [0.1, 0.15) is 0 Å². The largest absolute Gasteiger partial charge is 0.374 e. The van der Waals surface area contributed by atoms with E-state index in [1.54, 1.807) is 12.1 Å². The monoisotopic (exact) mass is 281 g/mol. The molecule has 6 heteroatoms. The van der Waals surface area contributed by atoms with E-state index in [-0.39, 0.29) is 16.7 Å². The molecule has 1 amide bonds. The molecule has 0 spiro atoms. The molecule has 0 saturated carbocycles. The standard InChI is InChI=1S/C8H6BrF2NOS/c9-5-2-1-3-6(4-5)14-8(10,11)7(12)13/h1-4H,(H2,12,13). The van der Waals surface area contributed by atoms with Gasteiger partial charge >= 0.3 is 5.25 Å². The molecule has 0 saturated heterocycles. The molecule has 0 unspecified atom stereocenters. The van der Waals surface area contributed by atoms with Crippen molar-refractivity contribution in [1.29, 1.82) is 0 Å². The van der Waals surface area contributed by atoms with Crippen molar-refractivity contribution in [3.05, 3.63) is 28.7 Å². The van der Waals surface area contributed by atoms with Gasteiger partial charge in [0.2, 0.25) is 0 Å². The summed E-state index contributed by atoms with van der Waals surface area (Å²) in [7, 11) is 0. The highest BCUT2D eigenvalue weighted by molar-refractivity contribution is 9.10. The van der Waals surface area contributed by atoms with Crippen molar-refractivity contribution in [3.8, 4) is 0 Å². The van der Waals surface area contributed by atoms with Gasteiger partial charge in [-0.05, 0) is 30.0 Å². The van der Waals surface area contributed by atoms with E-state index in [2.05, 4.69) is 21.7 Å². The molecule has 14 heavy (non-hydrogen) atoms. The molecule has 2 nitrogen and oxygen atoms in total. The number of amides is 1. The molecule has 0 heterocycles. The number of hydrogen-bond donors (Lipinski definition) is 1. The van der Waals surface area contributed by atoms with Gasteiger partial charge in [-0.3, -0.25) is 4.79 Å². The lowest BCUT2D eigenvalue weighted by Crippen LogP contribution is -2.31. The Labute approximate surface area is 92.0 Å². The van der Waals surface area contributed by atoms with Crippen LogP contribution in [-0.2, 0) is 4.79 Å². The Balaban J connectivity index is 2.83. The molecule has 76 valence electrons. The van der Waals surface area contributed by atoms with Crippen molar-refractivity contribution >= 4 is 33.6 Å². The number of benzene rings is 1. The maximum absolute atomic E-state index is 12.8. The first-order valence-corrected chi connectivity index (χ1v) is 5.15. The summed E-state index contributed by atoms with van der Waals surface area (Å²) in [6.45, 7) is 0. The lowest BCUT2D eigenvalue weighted by molar-refractivity contribution is -0.131. The second-order valence-corrected chi connectivity index (χ2v) is 4.54. The topological polar surface area (TPSA) is 43.1 Å². The number of alkyl halides is 2. The zero-order valence-corrected chi connectivity index (χ0v) is 9.24. The van der Waals surface area contributed by atoms with Gasteiger partial charge in [-0.2, -0.15) is 8.78 Å². The fourth-order valence-corrected chi connectivity index (χ4v) is 2.01. The molecular weight excluding hydrogens is 276 g/mol. The molecule has 0 bridgehead atoms. The van der Waals surface area contributed by atoms with Crippen molar-refractivity contribution < 1.29 is 13.6 Å². The number of carbonyl (C=O) groups is 1. The molecule has 0 radical (unpaired) electrons. The molecule has 0 aliphatic rings. The highest BCUT2D eigenvalue weighted by Crippen LogP contribution is 2.36. The Morgan fingerprint density at radius 2 is 2.14 bits per heavy atom. The quantitative estimate of drug-likeness (QED) is 0.866. The van der Waals surface area contributed by atoms with Crippen LogP contribution >= 0.6 is 27.7 Å². The average molecular weight is 282 g/mol. The number of carbonyl (C=O) groups excluding carboxylic acids is 1. The van der Waals surface area contributed by atoms with Gasteiger partial charge in [0.1, 0.15) is 0 Å². The van der Waals surface area contributed by atoms with Crippen LogP contribution in [0.5, 0.6) is 0 Å². The molecule has 0 atom stereocenters. The Morgan fingerprint density at radius 1 is 1.50 bits per heavy atom. The minimum Gasteiger partial charge on any atom is -0.364 e. The van der Waals surface area contributed by atoms with Crippen LogP contribution in [0.2, 0.25) is 0 Å². The van der Waals surface area contributed by atoms with Crippen LogP contribution in [0.4, 0.5) is 8.78 Å². The zero-order valence-electron chi connectivity index (χ0n) is 6.84. The summed E-state index contributed by atoms with van der Waals surface area (Å²) < 4.78 is 26.3. The Bertz CT molecular complexity index is 359. The number of primary amides is 1. The molecule has 0 aromatic heterocycles. The van der Waals surface area contributed by atoms with E-state index in [1.165, 1.54) is 12.1 Å². The zero-order chi connectivity index (χ0) is 10.8. The van der Waals surface area contributed by atoms with Gasteiger partial charge in [-0.25, -0.2) is 0 Å². The fraction of sp³-hybridized carbons (Fsp3) is 0.125. The number of hydrogen-bond acceptors (Lipinski definition) is 2. The lowest BCUT2D eigenvalue weighted by atomic mass is 10.4. The first-order valence-electron chi connectivity index (χ1n) is 3.54. The molecule has 0 fully saturated rings. The summed E-state index contributed by atoms with van der Waals surface area (Å²) in [6.07, 6.45) is 0. The Morgan fingerprint density at radius 3 is 2.64 bits per heavy atom. The SMILES string of the molecule is NC(=O)C(F)(F)Sc1cccc(Br)c1. The highest BCUT2D eigenvalue weighted by atomic mass is 79.9. The summed E-state index contributed by atoms with van der Waals surface area (Å²) in [5, 5.41) is -3.57. The smallest absolute Gasteiger partial charge is 0.364 e. The van der Waals surface area contributed by atoms with Crippen LogP contribution < -0.4 is 5.73 Å². The van der Waals surface area contributed by atoms with E-state index in [0.717, 1.165) is 0 Å². The molecule has 1 rings (SSSR count). The van der Waals surface area contributed by atoms with Crippen LogP contribution in [0.3, 0.4) is 0 Å². The van der Waals surface area contributed by atoms with Crippen LogP contribution in [0, 0.1) is 0 Å². The first kappa shape index (κ1) is 11.5. The van der Waals surface area contributed by atoms with Crippen molar-refractivity contribution in [2.24, 2.45) is 5.73 Å². The van der Waals surface area contributed by atoms with E-state index in [4.69, 9.17) is 0 Å². The van der Waals surface area contributed by atoms with E-state index < -0.39 is 11.2 Å². The maximum atomic E-state index is 12.8. The molecule has 1 aromatic rings. The summed E-state index contributed by atoms with van der Waals surface area (Å²) in [5.41, 5.74) is 4.53. The molecule has 0 aliphatic carbocycles. The van der Waals surface area contributed by atoms with Crippen molar-refractivity contribution in [2.75, 3.05) is 0 Å². The van der Waals surface area contributed by atoms with Gasteiger partial charge in [0.25, 0.3) is 5.91 Å². The highest BCUT2D eigenvalue weighted by Gasteiger charge is 2.37. The van der Waals surface area contributed by atoms with Gasteiger partial charge in [-0.15, -0.1) is 0 Å². The minimum absolute atomic E-state index is 0.130. The fourth-order valence-electron chi connectivity index (χ4n) is 0.729. The van der Waals surface area contributed by atoms with E-state index in [9.17, 15) is 13.6 Å². The number of halogens is 3. The lowest BCUT2D eigenvalue weighted by Gasteiger charge is -2.10. The van der Waals surface area contributed by atoms with Crippen molar-refractivity contribution in [2.45, 2.75) is 10.2 Å². The van der Waals surface area contributed by atoms with Crippen LogP contribution in [0.15, 0.2) is 33.6 Å². The first-order chi connectivity index (χ1) is 6.42. The third kappa shape index (κ3) is 2.95.